The van der Waals surface area contributed by atoms with Crippen molar-refractivity contribution in [3.8, 4) is 11.5 Å². The number of ether oxygens (including phenoxy) is 2. The predicted molar refractivity (Wildman–Crippen MR) is 127 cm³/mol. The number of hydrogen-bond donors (Lipinski definition) is 3. The minimum absolute atomic E-state index is 0.0485. The molecule has 3 rings (SSSR count). The Hall–Kier alpha value is -3.66. The van der Waals surface area contributed by atoms with Gasteiger partial charge in [-0.1, -0.05) is 18.2 Å². The number of likely N-dealkylation sites (tertiary alicyclic amines) is 1. The van der Waals surface area contributed by atoms with Crippen LogP contribution >= 0.6 is 0 Å². The first-order chi connectivity index (χ1) is 16.9. The summed E-state index contributed by atoms with van der Waals surface area (Å²) >= 11 is 0. The van der Waals surface area contributed by atoms with Crippen molar-refractivity contribution in [3.63, 3.8) is 0 Å². The summed E-state index contributed by atoms with van der Waals surface area (Å²) in [6, 6.07) is 11.2. The minimum atomic E-state index is -0.481. The number of nitrogens with zero attached hydrogens (tertiary/aromatic N) is 1. The van der Waals surface area contributed by atoms with Crippen molar-refractivity contribution in [2.45, 2.75) is 19.3 Å². The summed E-state index contributed by atoms with van der Waals surface area (Å²) < 4.78 is 24.0. The van der Waals surface area contributed by atoms with Crippen LogP contribution in [-0.4, -0.2) is 63.0 Å². The van der Waals surface area contributed by atoms with E-state index in [2.05, 4.69) is 16.2 Å². The number of hydrogen-bond acceptors (Lipinski definition) is 6. The minimum Gasteiger partial charge on any atom is -0.493 e. The van der Waals surface area contributed by atoms with Crippen LogP contribution in [0.1, 0.15) is 28.8 Å². The van der Waals surface area contributed by atoms with Crippen molar-refractivity contribution in [1.82, 2.24) is 21.1 Å². The molecule has 35 heavy (non-hydrogen) atoms. The first-order valence-electron chi connectivity index (χ1n) is 11.5. The highest BCUT2D eigenvalue weighted by atomic mass is 19.1. The maximum Gasteiger partial charge on any atom is 0.269 e. The third kappa shape index (κ3) is 7.41. The van der Waals surface area contributed by atoms with Crippen LogP contribution in [0.15, 0.2) is 42.5 Å². The van der Waals surface area contributed by atoms with Crippen LogP contribution in [0, 0.1) is 11.7 Å². The van der Waals surface area contributed by atoms with Crippen LogP contribution in [0.4, 0.5) is 4.39 Å². The molecule has 9 nitrogen and oxygen atoms in total. The summed E-state index contributed by atoms with van der Waals surface area (Å²) in [7, 11) is 2.97. The molecule has 1 fully saturated rings. The second-order valence-electron chi connectivity index (χ2n) is 8.25. The van der Waals surface area contributed by atoms with Crippen LogP contribution in [0.3, 0.4) is 0 Å². The molecule has 1 aliphatic rings. The standard InChI is InChI=1S/C25H31FN4O5/c1-34-21-8-7-19(15-22(21)35-2)25(33)29-28-23(31)16-30-13-10-18(11-14-30)24(32)27-12-9-17-5-3-4-6-20(17)26/h3-8,15,18H,9-14,16H2,1-2H3,(H,27,32)(H,28,31)(H,29,33). The lowest BCUT2D eigenvalue weighted by Crippen LogP contribution is -2.48. The van der Waals surface area contributed by atoms with Gasteiger partial charge in [0.2, 0.25) is 5.91 Å². The van der Waals surface area contributed by atoms with Gasteiger partial charge in [-0.05, 0) is 62.2 Å². The van der Waals surface area contributed by atoms with Gasteiger partial charge in [0.15, 0.2) is 11.5 Å². The van der Waals surface area contributed by atoms with Gasteiger partial charge in [-0.3, -0.25) is 30.1 Å². The number of piperidine rings is 1. The summed E-state index contributed by atoms with van der Waals surface area (Å²) in [5.74, 6) is -0.391. The number of benzene rings is 2. The van der Waals surface area contributed by atoms with E-state index in [0.717, 1.165) is 0 Å². The number of carbonyl (C=O) groups is 3. The molecule has 0 aliphatic carbocycles. The van der Waals surface area contributed by atoms with Crippen molar-refractivity contribution in [1.29, 1.82) is 0 Å². The van der Waals surface area contributed by atoms with E-state index < -0.39 is 5.91 Å². The van der Waals surface area contributed by atoms with Crippen molar-refractivity contribution < 1.29 is 28.2 Å². The van der Waals surface area contributed by atoms with Crippen molar-refractivity contribution in [3.05, 3.63) is 59.4 Å². The number of carbonyl (C=O) groups excluding carboxylic acids is 3. The van der Waals surface area contributed by atoms with Crippen molar-refractivity contribution >= 4 is 17.7 Å². The average molecular weight is 487 g/mol. The number of halogens is 1. The number of amides is 3. The lowest BCUT2D eigenvalue weighted by atomic mass is 9.96. The summed E-state index contributed by atoms with van der Waals surface area (Å²) in [5, 5.41) is 2.88. The molecule has 3 amide bonds. The zero-order valence-electron chi connectivity index (χ0n) is 19.9. The number of methoxy groups -OCH3 is 2. The molecule has 1 heterocycles. The maximum absolute atomic E-state index is 13.7. The van der Waals surface area contributed by atoms with Gasteiger partial charge in [-0.2, -0.15) is 0 Å². The Morgan fingerprint density at radius 3 is 2.40 bits per heavy atom. The zero-order chi connectivity index (χ0) is 25.2. The fourth-order valence-corrected chi connectivity index (χ4v) is 3.94. The molecule has 1 aliphatic heterocycles. The SMILES string of the molecule is COc1ccc(C(=O)NNC(=O)CN2CCC(C(=O)NCCc3ccccc3F)CC2)cc1OC. The lowest BCUT2D eigenvalue weighted by Gasteiger charge is -2.30. The van der Waals surface area contributed by atoms with Gasteiger partial charge in [0, 0.05) is 18.0 Å². The fourth-order valence-electron chi connectivity index (χ4n) is 3.94. The van der Waals surface area contributed by atoms with E-state index in [1.807, 2.05) is 4.90 Å². The van der Waals surface area contributed by atoms with Gasteiger partial charge < -0.3 is 14.8 Å². The molecule has 1 saturated heterocycles. The second kappa shape index (κ2) is 12.7. The van der Waals surface area contributed by atoms with Gasteiger partial charge in [0.25, 0.3) is 11.8 Å². The van der Waals surface area contributed by atoms with Crippen LogP contribution in [0.25, 0.3) is 0 Å². The second-order valence-corrected chi connectivity index (χ2v) is 8.25. The molecule has 10 heteroatoms. The van der Waals surface area contributed by atoms with Gasteiger partial charge >= 0.3 is 0 Å². The third-order valence-electron chi connectivity index (χ3n) is 5.94. The Kier molecular flexibility index (Phi) is 9.42. The summed E-state index contributed by atoms with van der Waals surface area (Å²) in [5.41, 5.74) is 5.69. The molecule has 0 spiro atoms. The Morgan fingerprint density at radius 2 is 1.71 bits per heavy atom. The molecular formula is C25H31FN4O5. The van der Waals surface area contributed by atoms with E-state index >= 15 is 0 Å². The molecule has 0 radical (unpaired) electrons. The quantitative estimate of drug-likeness (QED) is 0.466. The fraction of sp³-hybridized carbons (Fsp3) is 0.400. The Balaban J connectivity index is 1.35. The van der Waals surface area contributed by atoms with Crippen molar-refractivity contribution in [2.24, 2.45) is 5.92 Å². The molecule has 0 saturated carbocycles. The Labute approximate surface area is 203 Å². The first kappa shape index (κ1) is 26.0. The number of hydrazine groups is 1. The molecule has 3 N–H and O–H groups in total. The summed E-state index contributed by atoms with van der Waals surface area (Å²) in [4.78, 5) is 39.0. The summed E-state index contributed by atoms with van der Waals surface area (Å²) in [6.07, 6.45) is 1.68. The van der Waals surface area contributed by atoms with Gasteiger partial charge in [-0.25, -0.2) is 4.39 Å². The molecule has 0 unspecified atom stereocenters. The Bertz CT molecular complexity index is 1040. The molecule has 2 aromatic rings. The normalized spacial score (nSPS) is 14.1. The largest absolute Gasteiger partial charge is 0.493 e. The van der Waals surface area contributed by atoms with E-state index in [-0.39, 0.29) is 30.1 Å². The Morgan fingerprint density at radius 1 is 1.00 bits per heavy atom. The third-order valence-corrected chi connectivity index (χ3v) is 5.94. The van der Waals surface area contributed by atoms with Crippen molar-refractivity contribution in [2.75, 3.05) is 40.4 Å². The number of rotatable bonds is 9. The van der Waals surface area contributed by atoms with Gasteiger partial charge in [0.05, 0.1) is 20.8 Å². The van der Waals surface area contributed by atoms with E-state index in [0.29, 0.717) is 61.5 Å². The average Bonchev–Trinajstić information content (AvgIpc) is 2.88. The molecular weight excluding hydrogens is 455 g/mol. The summed E-state index contributed by atoms with van der Waals surface area (Å²) in [6.45, 7) is 1.65. The maximum atomic E-state index is 13.7. The van der Waals surface area contributed by atoms with Gasteiger partial charge in [-0.15, -0.1) is 0 Å². The number of nitrogens with one attached hydrogen (secondary N) is 3. The highest BCUT2D eigenvalue weighted by Crippen LogP contribution is 2.27. The van der Waals surface area contributed by atoms with E-state index in [4.69, 9.17) is 9.47 Å². The van der Waals surface area contributed by atoms with Crippen LogP contribution in [0.2, 0.25) is 0 Å². The van der Waals surface area contributed by atoms with E-state index in [1.54, 1.807) is 30.3 Å². The molecule has 0 bridgehead atoms. The smallest absolute Gasteiger partial charge is 0.269 e. The predicted octanol–water partition coefficient (Wildman–Crippen LogP) is 1.67. The molecule has 2 aromatic carbocycles. The highest BCUT2D eigenvalue weighted by molar-refractivity contribution is 5.96. The molecule has 0 atom stereocenters. The van der Waals surface area contributed by atoms with Crippen LogP contribution in [0.5, 0.6) is 11.5 Å². The highest BCUT2D eigenvalue weighted by Gasteiger charge is 2.26. The van der Waals surface area contributed by atoms with E-state index in [1.165, 1.54) is 26.4 Å². The molecule has 188 valence electrons. The monoisotopic (exact) mass is 486 g/mol. The molecule has 0 aromatic heterocycles. The lowest BCUT2D eigenvalue weighted by molar-refractivity contribution is -0.127. The zero-order valence-corrected chi connectivity index (χ0v) is 19.9. The van der Waals surface area contributed by atoms with Crippen LogP contribution < -0.4 is 25.6 Å². The van der Waals surface area contributed by atoms with Crippen LogP contribution in [-0.2, 0) is 16.0 Å². The van der Waals surface area contributed by atoms with E-state index in [9.17, 15) is 18.8 Å². The topological polar surface area (TPSA) is 109 Å². The first-order valence-corrected chi connectivity index (χ1v) is 11.5. The van der Waals surface area contributed by atoms with Gasteiger partial charge in [0.1, 0.15) is 5.82 Å².